The SMILES string of the molecule is COc1ccccc1OCC(=O)N[C@H](C)[C@H]1C[C@H]2CC[C@H]1C2. The van der Waals surface area contributed by atoms with E-state index in [0.29, 0.717) is 17.4 Å². The first kappa shape index (κ1) is 15.2. The topological polar surface area (TPSA) is 47.6 Å². The molecule has 0 heterocycles. The lowest BCUT2D eigenvalue weighted by molar-refractivity contribution is -0.124. The van der Waals surface area contributed by atoms with Crippen molar-refractivity contribution in [2.75, 3.05) is 13.7 Å². The molecule has 2 aliphatic rings. The average molecular weight is 303 g/mol. The van der Waals surface area contributed by atoms with Gasteiger partial charge in [-0.05, 0) is 56.1 Å². The molecule has 22 heavy (non-hydrogen) atoms. The van der Waals surface area contributed by atoms with Gasteiger partial charge in [-0.15, -0.1) is 0 Å². The highest BCUT2D eigenvalue weighted by molar-refractivity contribution is 5.77. The van der Waals surface area contributed by atoms with Crippen LogP contribution in [0.3, 0.4) is 0 Å². The molecule has 1 N–H and O–H groups in total. The Morgan fingerprint density at radius 1 is 1.27 bits per heavy atom. The molecule has 2 fully saturated rings. The van der Waals surface area contributed by atoms with E-state index in [2.05, 4.69) is 12.2 Å². The number of amides is 1. The highest BCUT2D eigenvalue weighted by atomic mass is 16.5. The zero-order valence-corrected chi connectivity index (χ0v) is 13.4. The van der Waals surface area contributed by atoms with Crippen LogP contribution in [0.1, 0.15) is 32.6 Å². The van der Waals surface area contributed by atoms with E-state index in [4.69, 9.17) is 9.47 Å². The Bertz CT molecular complexity index is 531. The number of carbonyl (C=O) groups excluding carboxylic acids is 1. The molecule has 1 aromatic rings. The van der Waals surface area contributed by atoms with Crippen LogP contribution in [0.25, 0.3) is 0 Å². The number of nitrogens with one attached hydrogen (secondary N) is 1. The second-order valence-electron chi connectivity index (χ2n) is 6.63. The minimum atomic E-state index is -0.0545. The summed E-state index contributed by atoms with van der Waals surface area (Å²) in [6.45, 7) is 2.16. The van der Waals surface area contributed by atoms with Crippen molar-refractivity contribution in [1.29, 1.82) is 0 Å². The molecule has 4 heteroatoms. The molecule has 0 aromatic heterocycles. The molecule has 0 radical (unpaired) electrons. The Kier molecular flexibility index (Phi) is 4.55. The molecule has 4 nitrogen and oxygen atoms in total. The van der Waals surface area contributed by atoms with Crippen molar-refractivity contribution in [2.45, 2.75) is 38.6 Å². The van der Waals surface area contributed by atoms with Gasteiger partial charge < -0.3 is 14.8 Å². The molecule has 2 saturated carbocycles. The van der Waals surface area contributed by atoms with E-state index in [1.807, 2.05) is 24.3 Å². The van der Waals surface area contributed by atoms with Gasteiger partial charge in [0.1, 0.15) is 0 Å². The van der Waals surface area contributed by atoms with Crippen LogP contribution in [0, 0.1) is 17.8 Å². The van der Waals surface area contributed by atoms with Gasteiger partial charge in [0.15, 0.2) is 18.1 Å². The summed E-state index contributed by atoms with van der Waals surface area (Å²) < 4.78 is 10.8. The summed E-state index contributed by atoms with van der Waals surface area (Å²) >= 11 is 0. The van der Waals surface area contributed by atoms with Crippen LogP contribution in [0.15, 0.2) is 24.3 Å². The van der Waals surface area contributed by atoms with E-state index in [1.54, 1.807) is 7.11 Å². The van der Waals surface area contributed by atoms with E-state index in [9.17, 15) is 4.79 Å². The van der Waals surface area contributed by atoms with Crippen molar-refractivity contribution >= 4 is 5.91 Å². The summed E-state index contributed by atoms with van der Waals surface area (Å²) in [7, 11) is 1.60. The maximum absolute atomic E-state index is 12.1. The third kappa shape index (κ3) is 3.21. The molecule has 4 atom stereocenters. The maximum Gasteiger partial charge on any atom is 0.258 e. The van der Waals surface area contributed by atoms with Gasteiger partial charge in [0.2, 0.25) is 0 Å². The first-order valence-corrected chi connectivity index (χ1v) is 8.22. The Labute approximate surface area is 132 Å². The van der Waals surface area contributed by atoms with Gasteiger partial charge in [0, 0.05) is 6.04 Å². The van der Waals surface area contributed by atoms with Gasteiger partial charge >= 0.3 is 0 Å². The number of hydrogen-bond donors (Lipinski definition) is 1. The van der Waals surface area contributed by atoms with Crippen molar-refractivity contribution in [3.8, 4) is 11.5 Å². The van der Waals surface area contributed by atoms with Crippen LogP contribution in [-0.4, -0.2) is 25.7 Å². The fourth-order valence-corrected chi connectivity index (χ4v) is 4.19. The molecule has 0 unspecified atom stereocenters. The summed E-state index contributed by atoms with van der Waals surface area (Å²) in [6.07, 6.45) is 5.37. The minimum absolute atomic E-state index is 0.0333. The smallest absolute Gasteiger partial charge is 0.258 e. The molecule has 120 valence electrons. The van der Waals surface area contributed by atoms with Crippen LogP contribution in [0.5, 0.6) is 11.5 Å². The third-order valence-corrected chi connectivity index (χ3v) is 5.25. The van der Waals surface area contributed by atoms with E-state index in [1.165, 1.54) is 25.7 Å². The van der Waals surface area contributed by atoms with Gasteiger partial charge in [-0.25, -0.2) is 0 Å². The summed E-state index contributed by atoms with van der Waals surface area (Å²) in [5.41, 5.74) is 0. The summed E-state index contributed by atoms with van der Waals surface area (Å²) in [5.74, 6) is 3.56. The number of hydrogen-bond acceptors (Lipinski definition) is 3. The first-order valence-electron chi connectivity index (χ1n) is 8.22. The number of para-hydroxylation sites is 2. The molecule has 1 amide bonds. The monoisotopic (exact) mass is 303 g/mol. The fourth-order valence-electron chi connectivity index (χ4n) is 4.19. The van der Waals surface area contributed by atoms with Crippen LogP contribution >= 0.6 is 0 Å². The van der Waals surface area contributed by atoms with Gasteiger partial charge in [0.25, 0.3) is 5.91 Å². The van der Waals surface area contributed by atoms with Gasteiger partial charge in [-0.1, -0.05) is 18.6 Å². The first-order chi connectivity index (χ1) is 10.7. The molecule has 1 aromatic carbocycles. The van der Waals surface area contributed by atoms with Gasteiger partial charge in [-0.3, -0.25) is 4.79 Å². The summed E-state index contributed by atoms with van der Waals surface area (Å²) in [6, 6.07) is 7.62. The number of benzene rings is 1. The standard InChI is InChI=1S/C18H25NO3/c1-12(15-10-13-7-8-14(15)9-13)19-18(20)11-22-17-6-4-3-5-16(17)21-2/h3-6,12-15H,7-11H2,1-2H3,(H,19,20)/t12-,13+,14+,15-/m1/s1. The Morgan fingerprint density at radius 3 is 2.68 bits per heavy atom. The molecular formula is C18H25NO3. The maximum atomic E-state index is 12.1. The van der Waals surface area contributed by atoms with Crippen molar-refractivity contribution in [1.82, 2.24) is 5.32 Å². The van der Waals surface area contributed by atoms with Crippen molar-refractivity contribution < 1.29 is 14.3 Å². The predicted octanol–water partition coefficient (Wildman–Crippen LogP) is 3.01. The van der Waals surface area contributed by atoms with Crippen LogP contribution in [-0.2, 0) is 4.79 Å². The normalized spacial score (nSPS) is 27.5. The lowest BCUT2D eigenvalue weighted by Gasteiger charge is -2.28. The Balaban J connectivity index is 1.48. The number of ether oxygens (including phenoxy) is 2. The predicted molar refractivity (Wildman–Crippen MR) is 85.0 cm³/mol. The van der Waals surface area contributed by atoms with E-state index in [0.717, 1.165) is 11.8 Å². The zero-order valence-electron chi connectivity index (χ0n) is 13.4. The van der Waals surface area contributed by atoms with Crippen molar-refractivity contribution in [3.05, 3.63) is 24.3 Å². The van der Waals surface area contributed by atoms with Crippen LogP contribution < -0.4 is 14.8 Å². The lowest BCUT2D eigenvalue weighted by atomic mass is 9.84. The molecule has 0 saturated heterocycles. The van der Waals surface area contributed by atoms with Gasteiger partial charge in [0.05, 0.1) is 7.11 Å². The Hall–Kier alpha value is -1.71. The number of fused-ring (bicyclic) bond motifs is 2. The van der Waals surface area contributed by atoms with E-state index >= 15 is 0 Å². The van der Waals surface area contributed by atoms with Crippen molar-refractivity contribution in [2.24, 2.45) is 17.8 Å². The minimum Gasteiger partial charge on any atom is -0.493 e. The Morgan fingerprint density at radius 2 is 2.05 bits per heavy atom. The van der Waals surface area contributed by atoms with E-state index < -0.39 is 0 Å². The molecule has 0 spiro atoms. The number of rotatable bonds is 6. The van der Waals surface area contributed by atoms with Crippen LogP contribution in [0.4, 0.5) is 0 Å². The second-order valence-corrected chi connectivity index (χ2v) is 6.63. The lowest BCUT2D eigenvalue weighted by Crippen LogP contribution is -2.42. The zero-order chi connectivity index (χ0) is 15.5. The highest BCUT2D eigenvalue weighted by Gasteiger charge is 2.42. The highest BCUT2D eigenvalue weighted by Crippen LogP contribution is 2.49. The molecular weight excluding hydrogens is 278 g/mol. The molecule has 3 rings (SSSR count). The van der Waals surface area contributed by atoms with Crippen molar-refractivity contribution in [3.63, 3.8) is 0 Å². The quantitative estimate of drug-likeness (QED) is 0.879. The van der Waals surface area contributed by atoms with Crippen LogP contribution in [0.2, 0.25) is 0 Å². The summed E-state index contributed by atoms with van der Waals surface area (Å²) in [4.78, 5) is 12.1. The van der Waals surface area contributed by atoms with E-state index in [-0.39, 0.29) is 18.6 Å². The molecule has 2 bridgehead atoms. The fraction of sp³-hybridized carbons (Fsp3) is 0.611. The molecule has 0 aliphatic heterocycles. The second kappa shape index (κ2) is 6.59. The van der Waals surface area contributed by atoms with Gasteiger partial charge in [-0.2, -0.15) is 0 Å². The summed E-state index contributed by atoms with van der Waals surface area (Å²) in [5, 5.41) is 3.11. The number of methoxy groups -OCH3 is 1. The number of carbonyl (C=O) groups is 1. The third-order valence-electron chi connectivity index (χ3n) is 5.25. The average Bonchev–Trinajstić information content (AvgIpc) is 3.16. The molecule has 2 aliphatic carbocycles. The largest absolute Gasteiger partial charge is 0.493 e.